The van der Waals surface area contributed by atoms with Crippen LogP contribution in [0.1, 0.15) is 0 Å². The van der Waals surface area contributed by atoms with E-state index in [0.29, 0.717) is 28.8 Å². The highest BCUT2D eigenvalue weighted by Crippen LogP contribution is 2.21. The number of fused-ring (bicyclic) bond motifs is 1. The van der Waals surface area contributed by atoms with Gasteiger partial charge in [-0.15, -0.1) is 15.3 Å². The summed E-state index contributed by atoms with van der Waals surface area (Å²) in [6.07, 6.45) is 0. The number of aromatic nitrogens is 6. The van der Waals surface area contributed by atoms with Crippen LogP contribution in [0.4, 0.5) is 0 Å². The van der Waals surface area contributed by atoms with Crippen LogP contribution in [0.15, 0.2) is 83.7 Å². The predicted molar refractivity (Wildman–Crippen MR) is 135 cm³/mol. The van der Waals surface area contributed by atoms with Crippen molar-refractivity contribution in [1.29, 1.82) is 0 Å². The molecule has 11 heteroatoms. The van der Waals surface area contributed by atoms with Gasteiger partial charge in [-0.3, -0.25) is 9.59 Å². The fraction of sp³-hybridized carbons (Fsp3) is 0.154. The zero-order valence-electron chi connectivity index (χ0n) is 19.9. The second-order valence-corrected chi connectivity index (χ2v) is 7.98. The normalized spacial score (nSPS) is 10.8. The summed E-state index contributed by atoms with van der Waals surface area (Å²) in [6, 6.07) is 23.4. The minimum absolute atomic E-state index is 0.180. The van der Waals surface area contributed by atoms with E-state index in [4.69, 9.17) is 9.47 Å². The largest absolute Gasteiger partial charge is 0.497 e. The average Bonchev–Trinajstić information content (AvgIpc) is 3.36. The van der Waals surface area contributed by atoms with Gasteiger partial charge in [0.05, 0.1) is 19.3 Å². The van der Waals surface area contributed by atoms with E-state index in [0.717, 1.165) is 15.8 Å². The Morgan fingerprint density at radius 2 is 1.76 bits per heavy atom. The molecule has 0 radical (unpaired) electrons. The van der Waals surface area contributed by atoms with Crippen LogP contribution >= 0.6 is 0 Å². The van der Waals surface area contributed by atoms with E-state index in [2.05, 4.69) is 25.7 Å². The Bertz CT molecular complexity index is 1600. The Morgan fingerprint density at radius 1 is 0.919 bits per heavy atom. The van der Waals surface area contributed by atoms with E-state index in [1.807, 2.05) is 54.6 Å². The highest BCUT2D eigenvalue weighted by Gasteiger charge is 2.11. The van der Waals surface area contributed by atoms with Gasteiger partial charge in [0.15, 0.2) is 11.5 Å². The van der Waals surface area contributed by atoms with Crippen molar-refractivity contribution in [3.63, 3.8) is 0 Å². The van der Waals surface area contributed by atoms with Crippen LogP contribution in [0.3, 0.4) is 0 Å². The van der Waals surface area contributed by atoms with Gasteiger partial charge in [-0.1, -0.05) is 42.5 Å². The molecule has 0 bridgehead atoms. The maximum Gasteiger partial charge on any atom is 0.267 e. The van der Waals surface area contributed by atoms with Gasteiger partial charge in [-0.2, -0.15) is 9.61 Å². The van der Waals surface area contributed by atoms with Crippen molar-refractivity contribution in [2.45, 2.75) is 6.54 Å². The number of carbonyl (C=O) groups is 1. The van der Waals surface area contributed by atoms with E-state index in [9.17, 15) is 9.59 Å². The molecule has 37 heavy (non-hydrogen) atoms. The summed E-state index contributed by atoms with van der Waals surface area (Å²) >= 11 is 0. The highest BCUT2D eigenvalue weighted by atomic mass is 16.5. The van der Waals surface area contributed by atoms with Crippen LogP contribution in [0.2, 0.25) is 0 Å². The van der Waals surface area contributed by atoms with Crippen LogP contribution in [0, 0.1) is 0 Å². The van der Waals surface area contributed by atoms with E-state index in [-0.39, 0.29) is 31.2 Å². The second kappa shape index (κ2) is 10.7. The molecule has 2 aromatic carbocycles. The molecular formula is C26H23N7O4. The van der Waals surface area contributed by atoms with E-state index >= 15 is 0 Å². The quantitative estimate of drug-likeness (QED) is 0.307. The van der Waals surface area contributed by atoms with Crippen LogP contribution in [-0.2, 0) is 11.3 Å². The number of benzene rings is 2. The summed E-state index contributed by atoms with van der Waals surface area (Å²) in [5.74, 6) is 1.27. The van der Waals surface area contributed by atoms with Crippen molar-refractivity contribution >= 4 is 11.6 Å². The first kappa shape index (κ1) is 23.7. The van der Waals surface area contributed by atoms with Gasteiger partial charge >= 0.3 is 0 Å². The Morgan fingerprint density at radius 3 is 2.59 bits per heavy atom. The van der Waals surface area contributed by atoms with Crippen molar-refractivity contribution in [3.05, 3.63) is 89.2 Å². The number of hydrogen-bond acceptors (Lipinski definition) is 8. The topological polar surface area (TPSA) is 126 Å². The zero-order chi connectivity index (χ0) is 25.6. The third-order valence-corrected chi connectivity index (χ3v) is 5.47. The van der Waals surface area contributed by atoms with Crippen LogP contribution < -0.4 is 20.3 Å². The molecule has 3 heterocycles. The molecule has 3 aromatic heterocycles. The van der Waals surface area contributed by atoms with Gasteiger partial charge in [-0.25, -0.2) is 4.68 Å². The third kappa shape index (κ3) is 5.45. The van der Waals surface area contributed by atoms with E-state index in [1.54, 1.807) is 29.8 Å². The Hall–Kier alpha value is -5.06. The molecule has 0 atom stereocenters. The minimum atomic E-state index is -0.376. The number of carbonyl (C=O) groups excluding carboxylic acids is 1. The van der Waals surface area contributed by atoms with Crippen molar-refractivity contribution in [2.75, 3.05) is 20.3 Å². The maximum absolute atomic E-state index is 12.4. The summed E-state index contributed by atoms with van der Waals surface area (Å²) in [5.41, 5.74) is 2.42. The lowest BCUT2D eigenvalue weighted by Gasteiger charge is -2.10. The standard InChI is InChI=1S/C26H23N7O4/c1-36-20-9-5-8-19(16-20)21-10-13-25(35)32(30-21)17-23(34)27-14-15-37-24-12-11-22-28-29-26(33(22)31-24)18-6-3-2-4-7-18/h2-13,16H,14-15,17H2,1H3,(H,27,34). The van der Waals surface area contributed by atoms with Crippen molar-refractivity contribution in [1.82, 2.24) is 34.9 Å². The van der Waals surface area contributed by atoms with Crippen LogP contribution in [-0.4, -0.2) is 55.8 Å². The molecule has 0 fully saturated rings. The number of nitrogens with one attached hydrogen (secondary N) is 1. The van der Waals surface area contributed by atoms with E-state index in [1.165, 1.54) is 6.07 Å². The Labute approximate surface area is 211 Å². The maximum atomic E-state index is 12.4. The highest BCUT2D eigenvalue weighted by molar-refractivity contribution is 5.75. The second-order valence-electron chi connectivity index (χ2n) is 7.98. The van der Waals surface area contributed by atoms with Crippen molar-refractivity contribution in [3.8, 4) is 34.3 Å². The molecule has 5 rings (SSSR count). The molecule has 11 nitrogen and oxygen atoms in total. The summed E-state index contributed by atoms with van der Waals surface area (Å²) in [7, 11) is 1.58. The molecule has 0 aliphatic heterocycles. The van der Waals surface area contributed by atoms with Crippen LogP contribution in [0.25, 0.3) is 28.3 Å². The predicted octanol–water partition coefficient (Wildman–Crippen LogP) is 2.22. The summed E-state index contributed by atoms with van der Waals surface area (Å²) < 4.78 is 13.7. The molecule has 0 unspecified atom stereocenters. The smallest absolute Gasteiger partial charge is 0.267 e. The fourth-order valence-corrected chi connectivity index (χ4v) is 3.65. The lowest BCUT2D eigenvalue weighted by Crippen LogP contribution is -2.35. The van der Waals surface area contributed by atoms with Gasteiger partial charge in [0.1, 0.15) is 18.9 Å². The first-order valence-corrected chi connectivity index (χ1v) is 11.5. The van der Waals surface area contributed by atoms with Gasteiger partial charge in [-0.05, 0) is 24.3 Å². The molecule has 0 spiro atoms. The molecule has 1 amide bonds. The number of methoxy groups -OCH3 is 1. The third-order valence-electron chi connectivity index (χ3n) is 5.47. The lowest BCUT2D eigenvalue weighted by molar-refractivity contribution is -0.122. The molecule has 186 valence electrons. The summed E-state index contributed by atoms with van der Waals surface area (Å²) in [6.45, 7) is 0.178. The molecular weight excluding hydrogens is 474 g/mol. The minimum Gasteiger partial charge on any atom is -0.497 e. The molecule has 1 N–H and O–H groups in total. The first-order valence-electron chi connectivity index (χ1n) is 11.5. The monoisotopic (exact) mass is 497 g/mol. The Balaban J connectivity index is 1.18. The summed E-state index contributed by atoms with van der Waals surface area (Å²) in [5, 5.41) is 19.8. The molecule has 0 aliphatic carbocycles. The zero-order valence-corrected chi connectivity index (χ0v) is 19.9. The molecule has 0 saturated heterocycles. The summed E-state index contributed by atoms with van der Waals surface area (Å²) in [4.78, 5) is 24.7. The Kier molecular flexibility index (Phi) is 6.84. The van der Waals surface area contributed by atoms with Gasteiger partial charge in [0.2, 0.25) is 11.8 Å². The van der Waals surface area contributed by atoms with Crippen molar-refractivity contribution in [2.24, 2.45) is 0 Å². The molecule has 5 aromatic rings. The van der Waals surface area contributed by atoms with Crippen molar-refractivity contribution < 1.29 is 14.3 Å². The van der Waals surface area contributed by atoms with E-state index < -0.39 is 0 Å². The number of nitrogens with zero attached hydrogens (tertiary/aromatic N) is 6. The number of ether oxygens (including phenoxy) is 2. The van der Waals surface area contributed by atoms with Gasteiger partial charge in [0.25, 0.3) is 5.56 Å². The number of amides is 1. The fourth-order valence-electron chi connectivity index (χ4n) is 3.65. The number of hydrogen-bond donors (Lipinski definition) is 1. The average molecular weight is 498 g/mol. The SMILES string of the molecule is COc1cccc(-c2ccc(=O)n(CC(=O)NCCOc3ccc4nnc(-c5ccccc5)n4n3)n2)c1. The molecule has 0 aliphatic rings. The first-order chi connectivity index (χ1) is 18.1. The van der Waals surface area contributed by atoms with Gasteiger partial charge in [0, 0.05) is 23.3 Å². The van der Waals surface area contributed by atoms with Crippen LogP contribution in [0.5, 0.6) is 11.6 Å². The lowest BCUT2D eigenvalue weighted by atomic mass is 10.1. The molecule has 0 saturated carbocycles. The van der Waals surface area contributed by atoms with Gasteiger partial charge < -0.3 is 14.8 Å². The number of rotatable bonds is 9.